The van der Waals surface area contributed by atoms with E-state index in [1.165, 1.54) is 11.0 Å². The van der Waals surface area contributed by atoms with Gasteiger partial charge in [0.2, 0.25) is 0 Å². The predicted octanol–water partition coefficient (Wildman–Crippen LogP) is 4.10. The van der Waals surface area contributed by atoms with Crippen LogP contribution in [0.2, 0.25) is 5.02 Å². The van der Waals surface area contributed by atoms with E-state index in [0.717, 1.165) is 12.8 Å². The molecule has 0 unspecified atom stereocenters. The van der Waals surface area contributed by atoms with Crippen LogP contribution in [0, 0.1) is 25.2 Å². The maximum Gasteiger partial charge on any atom is 0.332 e. The fourth-order valence-electron chi connectivity index (χ4n) is 4.23. The zero-order valence-corrected chi connectivity index (χ0v) is 16.4. The van der Waals surface area contributed by atoms with Gasteiger partial charge in [-0.05, 0) is 37.5 Å². The maximum atomic E-state index is 13.5. The third kappa shape index (κ3) is 2.60. The average molecular weight is 399 g/mol. The van der Waals surface area contributed by atoms with Crippen molar-refractivity contribution in [3.63, 3.8) is 0 Å². The fraction of sp³-hybridized carbons (Fsp3) is 0.400. The van der Waals surface area contributed by atoms with Gasteiger partial charge in [0.25, 0.3) is 5.91 Å². The van der Waals surface area contributed by atoms with Crippen LogP contribution in [-0.2, 0) is 11.3 Å². The summed E-state index contributed by atoms with van der Waals surface area (Å²) < 4.78 is 5.55. The third-order valence-corrected chi connectivity index (χ3v) is 6.16. The molecule has 4 rings (SSSR count). The minimum atomic E-state index is -0.870. The molecule has 28 heavy (non-hydrogen) atoms. The van der Waals surface area contributed by atoms with Crippen molar-refractivity contribution in [1.82, 2.24) is 9.88 Å². The number of carbonyl (C=O) groups is 2. The molecule has 2 fully saturated rings. The van der Waals surface area contributed by atoms with Crippen LogP contribution in [-0.4, -0.2) is 27.4 Å². The van der Waals surface area contributed by atoms with E-state index in [9.17, 15) is 14.9 Å². The summed E-state index contributed by atoms with van der Waals surface area (Å²) in [5.41, 5.74) is 0.394. The van der Waals surface area contributed by atoms with Gasteiger partial charge in [-0.25, -0.2) is 14.7 Å². The summed E-state index contributed by atoms with van der Waals surface area (Å²) in [6, 6.07) is 4.77. The lowest BCUT2D eigenvalue weighted by atomic mass is 9.95. The molecular formula is C20H19ClN4O3. The first kappa shape index (κ1) is 18.5. The van der Waals surface area contributed by atoms with Gasteiger partial charge in [-0.15, -0.1) is 0 Å². The molecule has 1 aromatic heterocycles. The molecule has 1 aromatic carbocycles. The zero-order valence-electron chi connectivity index (χ0n) is 15.7. The van der Waals surface area contributed by atoms with Crippen molar-refractivity contribution >= 4 is 29.2 Å². The largest absolute Gasteiger partial charge is 0.444 e. The lowest BCUT2D eigenvalue weighted by molar-refractivity contribution is -0.124. The van der Waals surface area contributed by atoms with Crippen molar-refractivity contribution in [3.8, 4) is 6.07 Å². The van der Waals surface area contributed by atoms with E-state index in [1.807, 2.05) is 6.07 Å². The molecule has 0 bridgehead atoms. The number of nitriles is 1. The molecule has 8 heteroatoms. The van der Waals surface area contributed by atoms with Gasteiger partial charge in [-0.2, -0.15) is 5.26 Å². The molecular weight excluding hydrogens is 380 g/mol. The third-order valence-electron chi connectivity index (χ3n) is 5.67. The molecule has 7 nitrogen and oxygen atoms in total. The second kappa shape index (κ2) is 6.64. The summed E-state index contributed by atoms with van der Waals surface area (Å²) in [6.45, 7) is 3.63. The molecule has 1 saturated heterocycles. The number of urea groups is 1. The summed E-state index contributed by atoms with van der Waals surface area (Å²) in [5.74, 6) is 0.816. The SMILES string of the molecule is Cc1ncc(CN2C(=O)N(c3ccc(C#N)c(Cl)c3C)C(=O)C23CCCC3)o1. The summed E-state index contributed by atoms with van der Waals surface area (Å²) in [5, 5.41) is 9.43. The number of oxazole rings is 1. The van der Waals surface area contributed by atoms with E-state index in [1.54, 1.807) is 31.0 Å². The first-order chi connectivity index (χ1) is 13.4. The van der Waals surface area contributed by atoms with E-state index in [-0.39, 0.29) is 17.5 Å². The Hall–Kier alpha value is -2.85. The van der Waals surface area contributed by atoms with Crippen LogP contribution in [0.1, 0.15) is 48.5 Å². The van der Waals surface area contributed by atoms with Gasteiger partial charge in [0.1, 0.15) is 17.4 Å². The number of halogens is 1. The summed E-state index contributed by atoms with van der Waals surface area (Å²) >= 11 is 6.28. The van der Waals surface area contributed by atoms with Crippen LogP contribution in [0.4, 0.5) is 10.5 Å². The van der Waals surface area contributed by atoms with Gasteiger partial charge < -0.3 is 9.32 Å². The number of amides is 3. The Kier molecular flexibility index (Phi) is 4.39. The molecule has 1 aliphatic carbocycles. The smallest absolute Gasteiger partial charge is 0.332 e. The number of aryl methyl sites for hydroxylation is 1. The molecule has 2 aliphatic rings. The molecule has 0 atom stereocenters. The molecule has 2 aromatic rings. The molecule has 1 saturated carbocycles. The quantitative estimate of drug-likeness (QED) is 0.726. The first-order valence-electron chi connectivity index (χ1n) is 9.16. The van der Waals surface area contributed by atoms with Crippen LogP contribution in [0.3, 0.4) is 0 Å². The number of benzene rings is 1. The molecule has 2 heterocycles. The van der Waals surface area contributed by atoms with Gasteiger partial charge in [0.05, 0.1) is 29.0 Å². The monoisotopic (exact) mass is 398 g/mol. The standard InChI is InChI=1S/C20H19ClN4O3/c1-12-16(6-5-14(9-22)17(12)21)25-18(26)20(7-3-4-8-20)24(19(25)27)11-15-10-23-13(2)28-15/h5-6,10H,3-4,7-8,11H2,1-2H3. The Bertz CT molecular complexity index is 1020. The normalized spacial score (nSPS) is 18.4. The van der Waals surface area contributed by atoms with Crippen LogP contribution >= 0.6 is 11.6 Å². The van der Waals surface area contributed by atoms with Gasteiger partial charge in [-0.1, -0.05) is 24.4 Å². The number of hydrogen-bond donors (Lipinski definition) is 0. The van der Waals surface area contributed by atoms with Crippen molar-refractivity contribution < 1.29 is 14.0 Å². The second-order valence-corrected chi connectivity index (χ2v) is 7.65. The molecule has 0 radical (unpaired) electrons. The number of hydrogen-bond acceptors (Lipinski definition) is 5. The number of anilines is 1. The fourth-order valence-corrected chi connectivity index (χ4v) is 4.43. The highest BCUT2D eigenvalue weighted by atomic mass is 35.5. The Balaban J connectivity index is 1.78. The van der Waals surface area contributed by atoms with Crippen molar-refractivity contribution in [2.45, 2.75) is 51.6 Å². The Morgan fingerprint density at radius 3 is 2.61 bits per heavy atom. The van der Waals surface area contributed by atoms with E-state index in [4.69, 9.17) is 16.0 Å². The van der Waals surface area contributed by atoms with E-state index in [2.05, 4.69) is 4.98 Å². The van der Waals surface area contributed by atoms with Crippen LogP contribution in [0.15, 0.2) is 22.7 Å². The number of nitrogens with zero attached hydrogens (tertiary/aromatic N) is 4. The van der Waals surface area contributed by atoms with Gasteiger partial charge >= 0.3 is 6.03 Å². The Morgan fingerprint density at radius 2 is 2.00 bits per heavy atom. The number of rotatable bonds is 3. The highest BCUT2D eigenvalue weighted by molar-refractivity contribution is 6.33. The molecule has 1 aliphatic heterocycles. The maximum absolute atomic E-state index is 13.5. The summed E-state index contributed by atoms with van der Waals surface area (Å²) in [4.78, 5) is 33.7. The lowest BCUT2D eigenvalue weighted by Gasteiger charge is -2.30. The van der Waals surface area contributed by atoms with Gasteiger partial charge in [0, 0.05) is 6.92 Å². The van der Waals surface area contributed by atoms with Crippen molar-refractivity contribution in [2.24, 2.45) is 0 Å². The minimum Gasteiger partial charge on any atom is -0.444 e. The molecule has 1 spiro atoms. The second-order valence-electron chi connectivity index (χ2n) is 7.28. The minimum absolute atomic E-state index is 0.185. The van der Waals surface area contributed by atoms with E-state index >= 15 is 0 Å². The first-order valence-corrected chi connectivity index (χ1v) is 9.53. The van der Waals surface area contributed by atoms with Gasteiger partial charge in [-0.3, -0.25) is 4.79 Å². The lowest BCUT2D eigenvalue weighted by Crippen LogP contribution is -2.46. The van der Waals surface area contributed by atoms with E-state index < -0.39 is 11.6 Å². The average Bonchev–Trinajstić information content (AvgIpc) is 3.36. The summed E-state index contributed by atoms with van der Waals surface area (Å²) in [7, 11) is 0. The molecule has 3 amide bonds. The topological polar surface area (TPSA) is 90.4 Å². The zero-order chi connectivity index (χ0) is 20.1. The Morgan fingerprint density at radius 1 is 1.29 bits per heavy atom. The number of imide groups is 1. The predicted molar refractivity (Wildman–Crippen MR) is 102 cm³/mol. The van der Waals surface area contributed by atoms with Crippen LogP contribution in [0.5, 0.6) is 0 Å². The Labute approximate surface area is 167 Å². The highest BCUT2D eigenvalue weighted by Crippen LogP contribution is 2.45. The number of aromatic nitrogens is 1. The van der Waals surface area contributed by atoms with Crippen LogP contribution < -0.4 is 4.90 Å². The summed E-state index contributed by atoms with van der Waals surface area (Å²) in [6.07, 6.45) is 4.58. The van der Waals surface area contributed by atoms with Gasteiger partial charge in [0.15, 0.2) is 5.89 Å². The molecule has 0 N–H and O–H groups in total. The number of carbonyl (C=O) groups excluding carboxylic acids is 2. The van der Waals surface area contributed by atoms with Crippen molar-refractivity contribution in [3.05, 3.63) is 46.1 Å². The van der Waals surface area contributed by atoms with E-state index in [0.29, 0.717) is 41.3 Å². The molecule has 144 valence electrons. The van der Waals surface area contributed by atoms with Crippen molar-refractivity contribution in [1.29, 1.82) is 5.26 Å². The van der Waals surface area contributed by atoms with Crippen LogP contribution in [0.25, 0.3) is 0 Å². The van der Waals surface area contributed by atoms with Crippen molar-refractivity contribution in [2.75, 3.05) is 4.90 Å². The highest BCUT2D eigenvalue weighted by Gasteiger charge is 2.59.